The highest BCUT2D eigenvalue weighted by Gasteiger charge is 2.40. The molecule has 0 bridgehead atoms. The largest absolute Gasteiger partial charge is 0.325 e. The molecule has 0 fully saturated rings. The molecule has 1 aromatic carbocycles. The van der Waals surface area contributed by atoms with E-state index < -0.39 is 11.8 Å². The molecule has 1 aliphatic rings. The molecule has 2 heterocycles. The van der Waals surface area contributed by atoms with Crippen molar-refractivity contribution in [1.82, 2.24) is 10.4 Å². The summed E-state index contributed by atoms with van der Waals surface area (Å²) in [6.07, 6.45) is 3.16. The lowest BCUT2D eigenvalue weighted by atomic mass is 9.81. The zero-order valence-electron chi connectivity index (χ0n) is 12.6. The molecule has 1 aromatic heterocycles. The van der Waals surface area contributed by atoms with Gasteiger partial charge in [0.05, 0.1) is 0 Å². The number of rotatable bonds is 3. The Kier molecular flexibility index (Phi) is 4.14. The molecule has 2 aromatic rings. The molecule has 2 unspecified atom stereocenters. The summed E-state index contributed by atoms with van der Waals surface area (Å²) in [4.78, 5) is 28.8. The predicted octanol–water partition coefficient (Wildman–Crippen LogP) is 1.93. The lowest BCUT2D eigenvalue weighted by molar-refractivity contribution is -0.133. The first-order chi connectivity index (χ1) is 11.2. The van der Waals surface area contributed by atoms with Crippen LogP contribution in [0, 0.1) is 5.92 Å². The summed E-state index contributed by atoms with van der Waals surface area (Å²) in [6.45, 7) is 1.81. The Morgan fingerprint density at radius 3 is 2.52 bits per heavy atom. The van der Waals surface area contributed by atoms with Crippen LogP contribution in [-0.2, 0) is 9.59 Å². The second-order valence-electron chi connectivity index (χ2n) is 5.32. The molecule has 1 aliphatic heterocycles. The van der Waals surface area contributed by atoms with Crippen molar-refractivity contribution in [3.63, 3.8) is 0 Å². The molecule has 2 atom stereocenters. The lowest BCUT2D eigenvalue weighted by Crippen LogP contribution is -2.46. The van der Waals surface area contributed by atoms with Crippen LogP contribution in [0.1, 0.15) is 18.4 Å². The van der Waals surface area contributed by atoms with Gasteiger partial charge < -0.3 is 5.32 Å². The second-order valence-corrected chi connectivity index (χ2v) is 5.32. The standard InChI is InChI=1S/C17H16N4O2/c1-11-14(12-5-3-2-4-6-12)15(17(23)21-20-11)16(22)19-13-7-9-18-10-8-13/h2-10,14-15H,1H3,(H,21,23)(H,18,19,22). The zero-order chi connectivity index (χ0) is 16.2. The Balaban J connectivity index is 1.92. The molecule has 116 valence electrons. The van der Waals surface area contributed by atoms with Gasteiger partial charge in [0.25, 0.3) is 5.91 Å². The van der Waals surface area contributed by atoms with Crippen LogP contribution in [-0.4, -0.2) is 22.5 Å². The fourth-order valence-electron chi connectivity index (χ4n) is 2.69. The molecule has 0 saturated heterocycles. The first kappa shape index (κ1) is 14.9. The molecule has 3 rings (SSSR count). The third-order valence-corrected chi connectivity index (χ3v) is 3.80. The topological polar surface area (TPSA) is 83.5 Å². The summed E-state index contributed by atoms with van der Waals surface area (Å²) in [5.74, 6) is -2.03. The summed E-state index contributed by atoms with van der Waals surface area (Å²) >= 11 is 0. The number of hydrazone groups is 1. The maximum Gasteiger partial charge on any atom is 0.253 e. The van der Waals surface area contributed by atoms with Gasteiger partial charge >= 0.3 is 0 Å². The van der Waals surface area contributed by atoms with Crippen molar-refractivity contribution in [2.75, 3.05) is 5.32 Å². The Morgan fingerprint density at radius 1 is 1.13 bits per heavy atom. The van der Waals surface area contributed by atoms with Crippen LogP contribution in [0.25, 0.3) is 0 Å². The number of hydrogen-bond acceptors (Lipinski definition) is 4. The van der Waals surface area contributed by atoms with Crippen molar-refractivity contribution in [3.8, 4) is 0 Å². The van der Waals surface area contributed by atoms with E-state index in [-0.39, 0.29) is 11.8 Å². The van der Waals surface area contributed by atoms with Crippen molar-refractivity contribution in [2.24, 2.45) is 11.0 Å². The number of hydrogen-bond donors (Lipinski definition) is 2. The fraction of sp³-hybridized carbons (Fsp3) is 0.176. The molecule has 6 heteroatoms. The van der Waals surface area contributed by atoms with Crippen molar-refractivity contribution in [3.05, 3.63) is 60.4 Å². The van der Waals surface area contributed by atoms with Gasteiger partial charge in [-0.1, -0.05) is 30.3 Å². The van der Waals surface area contributed by atoms with Gasteiger partial charge in [-0.25, -0.2) is 5.43 Å². The van der Waals surface area contributed by atoms with Gasteiger partial charge in [0.2, 0.25) is 5.91 Å². The molecule has 6 nitrogen and oxygen atoms in total. The number of carbonyl (C=O) groups excluding carboxylic acids is 2. The van der Waals surface area contributed by atoms with Crippen LogP contribution >= 0.6 is 0 Å². The van der Waals surface area contributed by atoms with Gasteiger partial charge in [0.1, 0.15) is 5.92 Å². The lowest BCUT2D eigenvalue weighted by Gasteiger charge is -2.28. The number of nitrogens with zero attached hydrogens (tertiary/aromatic N) is 2. The average Bonchev–Trinajstić information content (AvgIpc) is 2.58. The summed E-state index contributed by atoms with van der Waals surface area (Å²) in [5.41, 5.74) is 4.61. The average molecular weight is 308 g/mol. The second kappa shape index (κ2) is 6.39. The van der Waals surface area contributed by atoms with E-state index >= 15 is 0 Å². The molecular formula is C17H16N4O2. The van der Waals surface area contributed by atoms with Crippen LogP contribution in [0.4, 0.5) is 5.69 Å². The van der Waals surface area contributed by atoms with Gasteiger partial charge in [-0.05, 0) is 24.6 Å². The predicted molar refractivity (Wildman–Crippen MR) is 86.8 cm³/mol. The van der Waals surface area contributed by atoms with Gasteiger partial charge in [-0.2, -0.15) is 5.10 Å². The zero-order valence-corrected chi connectivity index (χ0v) is 12.6. The maximum absolute atomic E-state index is 12.7. The molecular weight excluding hydrogens is 292 g/mol. The molecule has 2 N–H and O–H groups in total. The third-order valence-electron chi connectivity index (χ3n) is 3.80. The smallest absolute Gasteiger partial charge is 0.253 e. The van der Waals surface area contributed by atoms with E-state index in [1.807, 2.05) is 37.3 Å². The molecule has 0 aliphatic carbocycles. The van der Waals surface area contributed by atoms with Crippen LogP contribution in [0.15, 0.2) is 60.0 Å². The molecule has 2 amide bonds. The van der Waals surface area contributed by atoms with Crippen molar-refractivity contribution in [1.29, 1.82) is 0 Å². The van der Waals surface area contributed by atoms with Crippen LogP contribution in [0.3, 0.4) is 0 Å². The first-order valence-corrected chi connectivity index (χ1v) is 7.26. The van der Waals surface area contributed by atoms with E-state index in [1.165, 1.54) is 0 Å². The number of anilines is 1. The highest BCUT2D eigenvalue weighted by Crippen LogP contribution is 2.30. The van der Waals surface area contributed by atoms with E-state index in [9.17, 15) is 9.59 Å². The minimum Gasteiger partial charge on any atom is -0.325 e. The Hall–Kier alpha value is -3.02. The number of nitrogens with one attached hydrogen (secondary N) is 2. The fourth-order valence-corrected chi connectivity index (χ4v) is 2.69. The Bertz CT molecular complexity index is 744. The number of pyridine rings is 1. The van der Waals surface area contributed by atoms with Crippen molar-refractivity contribution in [2.45, 2.75) is 12.8 Å². The minimum atomic E-state index is -0.872. The van der Waals surface area contributed by atoms with E-state index in [2.05, 4.69) is 20.8 Å². The van der Waals surface area contributed by atoms with E-state index in [4.69, 9.17) is 0 Å². The first-order valence-electron chi connectivity index (χ1n) is 7.26. The SMILES string of the molecule is CC1=NNC(=O)C(C(=O)Nc2ccncc2)C1c1ccccc1. The van der Waals surface area contributed by atoms with Gasteiger partial charge in [0, 0.05) is 29.7 Å². The summed E-state index contributed by atoms with van der Waals surface area (Å²) in [7, 11) is 0. The molecule has 0 saturated carbocycles. The highest BCUT2D eigenvalue weighted by atomic mass is 16.2. The normalized spacial score (nSPS) is 20.4. The van der Waals surface area contributed by atoms with Crippen LogP contribution in [0.5, 0.6) is 0 Å². The summed E-state index contributed by atoms with van der Waals surface area (Å²) < 4.78 is 0. The Labute approximate surface area is 133 Å². The quantitative estimate of drug-likeness (QED) is 0.850. The summed E-state index contributed by atoms with van der Waals surface area (Å²) in [6, 6.07) is 12.8. The van der Waals surface area contributed by atoms with Gasteiger partial charge in [-0.3, -0.25) is 14.6 Å². The Morgan fingerprint density at radius 2 is 1.83 bits per heavy atom. The number of amides is 2. The van der Waals surface area contributed by atoms with E-state index in [0.29, 0.717) is 11.4 Å². The number of carbonyl (C=O) groups is 2. The minimum absolute atomic E-state index is 0.364. The van der Waals surface area contributed by atoms with E-state index in [0.717, 1.165) is 5.56 Å². The van der Waals surface area contributed by atoms with Crippen molar-refractivity contribution < 1.29 is 9.59 Å². The summed E-state index contributed by atoms with van der Waals surface area (Å²) in [5, 5.41) is 6.80. The van der Waals surface area contributed by atoms with Crippen molar-refractivity contribution >= 4 is 23.2 Å². The van der Waals surface area contributed by atoms with Gasteiger partial charge in [-0.15, -0.1) is 0 Å². The molecule has 0 radical (unpaired) electrons. The number of benzene rings is 1. The van der Waals surface area contributed by atoms with Gasteiger partial charge in [0.15, 0.2) is 0 Å². The third kappa shape index (κ3) is 3.11. The van der Waals surface area contributed by atoms with Crippen LogP contribution < -0.4 is 10.7 Å². The monoisotopic (exact) mass is 308 g/mol. The maximum atomic E-state index is 12.7. The molecule has 0 spiro atoms. The molecule has 23 heavy (non-hydrogen) atoms. The van der Waals surface area contributed by atoms with Crippen LogP contribution in [0.2, 0.25) is 0 Å². The number of aromatic nitrogens is 1. The highest BCUT2D eigenvalue weighted by molar-refractivity contribution is 6.13. The van der Waals surface area contributed by atoms with E-state index in [1.54, 1.807) is 24.5 Å².